The van der Waals surface area contributed by atoms with Crippen molar-refractivity contribution in [1.82, 2.24) is 20.1 Å². The van der Waals surface area contributed by atoms with E-state index in [1.54, 1.807) is 21.0 Å². The van der Waals surface area contributed by atoms with Gasteiger partial charge in [-0.3, -0.25) is 4.79 Å². The molecular formula is C20H27N5O2S. The van der Waals surface area contributed by atoms with E-state index < -0.39 is 10.8 Å². The number of ether oxygens (including phenoxy) is 1. The Morgan fingerprint density at radius 3 is 2.61 bits per heavy atom. The van der Waals surface area contributed by atoms with Crippen molar-refractivity contribution >= 4 is 17.7 Å². The number of nitrogens with one attached hydrogen (secondary N) is 1. The van der Waals surface area contributed by atoms with Gasteiger partial charge in [0.15, 0.2) is 11.0 Å². The number of para-hydroxylation sites is 1. The normalized spacial score (nSPS) is 14.2. The molecule has 0 spiro atoms. The van der Waals surface area contributed by atoms with Crippen molar-refractivity contribution in [2.75, 3.05) is 7.11 Å². The maximum absolute atomic E-state index is 12.6. The fraction of sp³-hybridized carbons (Fsp3) is 0.500. The van der Waals surface area contributed by atoms with Crippen LogP contribution in [0.5, 0.6) is 5.75 Å². The molecule has 1 N–H and O–H groups in total. The minimum Gasteiger partial charge on any atom is -0.496 e. The third-order valence-corrected chi connectivity index (χ3v) is 5.88. The molecule has 0 aliphatic heterocycles. The molecule has 2 atom stereocenters. The van der Waals surface area contributed by atoms with E-state index in [4.69, 9.17) is 4.74 Å². The highest BCUT2D eigenvalue weighted by atomic mass is 32.2. The van der Waals surface area contributed by atoms with Crippen molar-refractivity contribution in [2.45, 2.75) is 57.1 Å². The topological polar surface area (TPSA) is 92.8 Å². The molecule has 0 saturated carbocycles. The third-order valence-electron chi connectivity index (χ3n) is 4.80. The van der Waals surface area contributed by atoms with Crippen molar-refractivity contribution in [3.8, 4) is 23.2 Å². The van der Waals surface area contributed by atoms with Crippen LogP contribution in [-0.2, 0) is 11.3 Å². The molecule has 0 radical (unpaired) electrons. The highest BCUT2D eigenvalue weighted by molar-refractivity contribution is 8.00. The number of nitrogens with zero attached hydrogens (tertiary/aromatic N) is 4. The first kappa shape index (κ1) is 21.8. The van der Waals surface area contributed by atoms with E-state index in [1.165, 1.54) is 11.8 Å². The number of methoxy groups -OCH3 is 1. The monoisotopic (exact) mass is 401 g/mol. The summed E-state index contributed by atoms with van der Waals surface area (Å²) in [5, 5.41) is 21.1. The van der Waals surface area contributed by atoms with Crippen LogP contribution in [0.15, 0.2) is 29.4 Å². The van der Waals surface area contributed by atoms with Gasteiger partial charge >= 0.3 is 0 Å². The largest absolute Gasteiger partial charge is 0.496 e. The number of amides is 1. The van der Waals surface area contributed by atoms with E-state index in [1.807, 2.05) is 49.6 Å². The lowest BCUT2D eigenvalue weighted by atomic mass is 9.90. The van der Waals surface area contributed by atoms with Gasteiger partial charge in [0.25, 0.3) is 0 Å². The van der Waals surface area contributed by atoms with Crippen LogP contribution in [0.4, 0.5) is 0 Å². The van der Waals surface area contributed by atoms with Gasteiger partial charge in [-0.2, -0.15) is 5.26 Å². The van der Waals surface area contributed by atoms with E-state index in [0.717, 1.165) is 5.56 Å². The molecule has 2 rings (SSSR count). The number of thioether (sulfide) groups is 1. The number of rotatable bonds is 8. The van der Waals surface area contributed by atoms with E-state index in [2.05, 4.69) is 21.6 Å². The van der Waals surface area contributed by atoms with Gasteiger partial charge in [0.2, 0.25) is 5.91 Å². The second-order valence-corrected chi connectivity index (χ2v) is 8.28. The minimum atomic E-state index is -0.910. The van der Waals surface area contributed by atoms with Crippen molar-refractivity contribution in [3.63, 3.8) is 0 Å². The first-order valence-corrected chi connectivity index (χ1v) is 10.1. The van der Waals surface area contributed by atoms with E-state index >= 15 is 0 Å². The van der Waals surface area contributed by atoms with Gasteiger partial charge in [-0.15, -0.1) is 10.2 Å². The first-order chi connectivity index (χ1) is 13.3. The van der Waals surface area contributed by atoms with Crippen LogP contribution in [0.1, 0.15) is 34.6 Å². The van der Waals surface area contributed by atoms with Gasteiger partial charge in [-0.1, -0.05) is 37.7 Å². The van der Waals surface area contributed by atoms with Gasteiger partial charge in [0.05, 0.1) is 24.0 Å². The van der Waals surface area contributed by atoms with Crippen molar-refractivity contribution in [2.24, 2.45) is 5.92 Å². The second kappa shape index (κ2) is 9.11. The van der Waals surface area contributed by atoms with Crippen LogP contribution in [0.3, 0.4) is 0 Å². The van der Waals surface area contributed by atoms with Crippen molar-refractivity contribution < 1.29 is 9.53 Å². The number of aromatic nitrogens is 3. The number of carbonyl (C=O) groups excluding carboxylic acids is 1. The maximum atomic E-state index is 12.6. The molecule has 2 aromatic rings. The van der Waals surface area contributed by atoms with Gasteiger partial charge in [0.1, 0.15) is 11.3 Å². The van der Waals surface area contributed by atoms with E-state index in [0.29, 0.717) is 23.3 Å². The average molecular weight is 402 g/mol. The Morgan fingerprint density at radius 2 is 2.04 bits per heavy atom. The summed E-state index contributed by atoms with van der Waals surface area (Å²) in [5.74, 6) is 1.20. The molecule has 7 nitrogen and oxygen atoms in total. The van der Waals surface area contributed by atoms with Gasteiger partial charge in [0, 0.05) is 6.54 Å². The SMILES string of the molecule is CCn1c(SC(C)C(=O)NC(C)(C#N)C(C)C)nnc1-c1ccccc1OC. The minimum absolute atomic E-state index is 0.00454. The number of carbonyl (C=O) groups is 1. The zero-order valence-corrected chi connectivity index (χ0v) is 18.0. The van der Waals surface area contributed by atoms with Crippen LogP contribution in [0.25, 0.3) is 11.4 Å². The molecule has 0 fully saturated rings. The zero-order valence-electron chi connectivity index (χ0n) is 17.2. The van der Waals surface area contributed by atoms with Crippen LogP contribution in [0.2, 0.25) is 0 Å². The van der Waals surface area contributed by atoms with Crippen LogP contribution in [-0.4, -0.2) is 38.6 Å². The summed E-state index contributed by atoms with van der Waals surface area (Å²) < 4.78 is 7.39. The Morgan fingerprint density at radius 1 is 1.36 bits per heavy atom. The molecule has 28 heavy (non-hydrogen) atoms. The summed E-state index contributed by atoms with van der Waals surface area (Å²) in [6.45, 7) is 10.0. The number of hydrogen-bond donors (Lipinski definition) is 1. The molecule has 8 heteroatoms. The van der Waals surface area contributed by atoms with Crippen LogP contribution < -0.4 is 10.1 Å². The summed E-state index contributed by atoms with van der Waals surface area (Å²) in [7, 11) is 1.62. The van der Waals surface area contributed by atoms with E-state index in [-0.39, 0.29) is 11.8 Å². The molecule has 150 valence electrons. The van der Waals surface area contributed by atoms with Crippen molar-refractivity contribution in [3.05, 3.63) is 24.3 Å². The summed E-state index contributed by atoms with van der Waals surface area (Å²) in [6.07, 6.45) is 0. The Hall–Kier alpha value is -2.53. The maximum Gasteiger partial charge on any atom is 0.234 e. The highest BCUT2D eigenvalue weighted by Crippen LogP contribution is 2.32. The van der Waals surface area contributed by atoms with Gasteiger partial charge in [-0.05, 0) is 38.8 Å². The summed E-state index contributed by atoms with van der Waals surface area (Å²) in [6, 6.07) is 9.83. The summed E-state index contributed by atoms with van der Waals surface area (Å²) in [4.78, 5) is 12.6. The first-order valence-electron chi connectivity index (χ1n) is 9.23. The number of hydrogen-bond acceptors (Lipinski definition) is 6. The highest BCUT2D eigenvalue weighted by Gasteiger charge is 2.32. The molecule has 1 aromatic carbocycles. The van der Waals surface area contributed by atoms with E-state index in [9.17, 15) is 10.1 Å². The lowest BCUT2D eigenvalue weighted by Gasteiger charge is -2.28. The fourth-order valence-electron chi connectivity index (χ4n) is 2.56. The van der Waals surface area contributed by atoms with Gasteiger partial charge in [-0.25, -0.2) is 0 Å². The third kappa shape index (κ3) is 4.47. The summed E-state index contributed by atoms with van der Waals surface area (Å²) in [5.41, 5.74) is -0.0624. The molecule has 1 heterocycles. The molecule has 0 aliphatic carbocycles. The predicted molar refractivity (Wildman–Crippen MR) is 110 cm³/mol. The standard InChI is InChI=1S/C20H27N5O2S/c1-7-25-17(15-10-8-9-11-16(15)27-6)23-24-19(25)28-14(4)18(26)22-20(5,12-21)13(2)3/h8-11,13-14H,7H2,1-6H3,(H,22,26). The second-order valence-electron chi connectivity index (χ2n) is 6.97. The smallest absolute Gasteiger partial charge is 0.234 e. The molecule has 1 aromatic heterocycles. The molecule has 0 bridgehead atoms. The van der Waals surface area contributed by atoms with Crippen LogP contribution in [0, 0.1) is 17.2 Å². The Labute approximate surface area is 170 Å². The molecule has 0 aliphatic rings. The van der Waals surface area contributed by atoms with Gasteiger partial charge < -0.3 is 14.6 Å². The molecule has 1 amide bonds. The molecule has 2 unspecified atom stereocenters. The average Bonchev–Trinajstić information content (AvgIpc) is 3.09. The fourth-order valence-corrected chi connectivity index (χ4v) is 3.47. The lowest BCUT2D eigenvalue weighted by molar-refractivity contribution is -0.121. The zero-order chi connectivity index (χ0) is 20.9. The lowest BCUT2D eigenvalue weighted by Crippen LogP contribution is -2.51. The molecular weight excluding hydrogens is 374 g/mol. The predicted octanol–water partition coefficient (Wildman–Crippen LogP) is 3.51. The Bertz CT molecular complexity index is 874. The Balaban J connectivity index is 2.24. The Kier molecular flexibility index (Phi) is 7.08. The molecule has 0 saturated heterocycles. The van der Waals surface area contributed by atoms with Crippen LogP contribution >= 0.6 is 11.8 Å². The summed E-state index contributed by atoms with van der Waals surface area (Å²) >= 11 is 1.32. The number of benzene rings is 1. The number of nitriles is 1. The van der Waals surface area contributed by atoms with Crippen molar-refractivity contribution in [1.29, 1.82) is 5.26 Å². The quantitative estimate of drug-likeness (QED) is 0.681.